The van der Waals surface area contributed by atoms with Gasteiger partial charge in [-0.15, -0.1) is 0 Å². The zero-order valence-electron chi connectivity index (χ0n) is 10.6. The zero-order chi connectivity index (χ0) is 12.9. The average molecular weight is 256 g/mol. The van der Waals surface area contributed by atoms with Crippen molar-refractivity contribution in [2.75, 3.05) is 13.6 Å². The van der Waals surface area contributed by atoms with E-state index in [-0.39, 0.29) is 0 Å². The molecule has 5 heteroatoms. The van der Waals surface area contributed by atoms with Crippen LogP contribution in [-0.4, -0.2) is 22.0 Å². The Bertz CT molecular complexity index is 469. The molecule has 96 valence electrons. The van der Waals surface area contributed by atoms with E-state index in [1.54, 1.807) is 12.1 Å². The second-order valence-corrected chi connectivity index (χ2v) is 5.66. The van der Waals surface area contributed by atoms with Gasteiger partial charge >= 0.3 is 0 Å². The van der Waals surface area contributed by atoms with E-state index in [0.717, 1.165) is 18.5 Å². The fraction of sp³-hybridized carbons (Fsp3) is 0.500. The van der Waals surface area contributed by atoms with Crippen LogP contribution in [0.25, 0.3) is 0 Å². The van der Waals surface area contributed by atoms with Crippen LogP contribution >= 0.6 is 0 Å². The predicted octanol–water partition coefficient (Wildman–Crippen LogP) is 1.27. The molecule has 0 aromatic heterocycles. The molecular formula is C12H20N2O2S. The van der Waals surface area contributed by atoms with Crippen LogP contribution in [0.15, 0.2) is 23.1 Å². The summed E-state index contributed by atoms with van der Waals surface area (Å²) in [6.07, 6.45) is 0.903. The highest BCUT2D eigenvalue weighted by atomic mass is 32.2. The van der Waals surface area contributed by atoms with Gasteiger partial charge in [0.25, 0.3) is 0 Å². The molecule has 0 unspecified atom stereocenters. The summed E-state index contributed by atoms with van der Waals surface area (Å²) in [6, 6.07) is 5.28. The topological polar surface area (TPSA) is 58.2 Å². The van der Waals surface area contributed by atoms with Gasteiger partial charge in [0.15, 0.2) is 0 Å². The highest BCUT2D eigenvalue weighted by Crippen LogP contribution is 2.16. The predicted molar refractivity (Wildman–Crippen MR) is 69.4 cm³/mol. The summed E-state index contributed by atoms with van der Waals surface area (Å²) in [5, 5.41) is 3.22. The van der Waals surface area contributed by atoms with E-state index in [0.29, 0.717) is 11.4 Å². The molecule has 0 aliphatic heterocycles. The van der Waals surface area contributed by atoms with Gasteiger partial charge in [-0.25, -0.2) is 13.1 Å². The van der Waals surface area contributed by atoms with Gasteiger partial charge in [-0.05, 0) is 43.3 Å². The summed E-state index contributed by atoms with van der Waals surface area (Å²) in [5.41, 5.74) is 2.23. The van der Waals surface area contributed by atoms with Gasteiger partial charge in [-0.2, -0.15) is 0 Å². The molecule has 0 atom stereocenters. The second-order valence-electron chi connectivity index (χ2n) is 3.77. The summed E-state index contributed by atoms with van der Waals surface area (Å²) >= 11 is 0. The third kappa shape index (κ3) is 3.52. The summed E-state index contributed by atoms with van der Waals surface area (Å²) in [7, 11) is -1.92. The van der Waals surface area contributed by atoms with E-state index < -0.39 is 10.0 Å². The van der Waals surface area contributed by atoms with Crippen molar-refractivity contribution in [3.05, 3.63) is 29.3 Å². The van der Waals surface area contributed by atoms with E-state index in [9.17, 15) is 8.42 Å². The standard InChI is InChI=1S/C12H20N2O2S/c1-4-10-6-7-12(17(15,16)13-3)8-11(10)9-14-5-2/h6-8,13-14H,4-5,9H2,1-3H3. The molecular weight excluding hydrogens is 236 g/mol. The molecule has 0 saturated carbocycles. The first-order chi connectivity index (χ1) is 8.05. The molecule has 4 nitrogen and oxygen atoms in total. The van der Waals surface area contributed by atoms with Crippen LogP contribution in [0.5, 0.6) is 0 Å². The summed E-state index contributed by atoms with van der Waals surface area (Å²) in [6.45, 7) is 5.66. The van der Waals surface area contributed by atoms with E-state index in [2.05, 4.69) is 17.0 Å². The smallest absolute Gasteiger partial charge is 0.240 e. The lowest BCUT2D eigenvalue weighted by atomic mass is 10.1. The van der Waals surface area contributed by atoms with Gasteiger partial charge in [0, 0.05) is 6.54 Å². The maximum Gasteiger partial charge on any atom is 0.240 e. The van der Waals surface area contributed by atoms with E-state index in [4.69, 9.17) is 0 Å². The number of benzene rings is 1. The SMILES string of the molecule is CCNCc1cc(S(=O)(=O)NC)ccc1CC. The third-order valence-electron chi connectivity index (χ3n) is 2.70. The van der Waals surface area contributed by atoms with E-state index in [1.165, 1.54) is 12.6 Å². The molecule has 0 saturated heterocycles. The lowest BCUT2D eigenvalue weighted by Crippen LogP contribution is -2.20. The molecule has 0 heterocycles. The first kappa shape index (κ1) is 14.2. The largest absolute Gasteiger partial charge is 0.313 e. The van der Waals surface area contributed by atoms with Crippen LogP contribution in [0.4, 0.5) is 0 Å². The fourth-order valence-corrected chi connectivity index (χ4v) is 2.44. The minimum atomic E-state index is -3.35. The Morgan fingerprint density at radius 2 is 1.88 bits per heavy atom. The van der Waals surface area contributed by atoms with Crippen molar-refractivity contribution < 1.29 is 8.42 Å². The van der Waals surface area contributed by atoms with Crippen LogP contribution in [0, 0.1) is 0 Å². The van der Waals surface area contributed by atoms with Gasteiger partial charge in [0.2, 0.25) is 10.0 Å². The Morgan fingerprint density at radius 3 is 2.41 bits per heavy atom. The van der Waals surface area contributed by atoms with Crippen molar-refractivity contribution in [2.24, 2.45) is 0 Å². The molecule has 1 rings (SSSR count). The average Bonchev–Trinajstić information content (AvgIpc) is 2.35. The maximum atomic E-state index is 11.7. The molecule has 17 heavy (non-hydrogen) atoms. The van der Waals surface area contributed by atoms with Gasteiger partial charge in [-0.3, -0.25) is 0 Å². The van der Waals surface area contributed by atoms with Crippen LogP contribution in [-0.2, 0) is 23.0 Å². The molecule has 0 bridgehead atoms. The number of rotatable bonds is 6. The first-order valence-corrected chi connectivity index (χ1v) is 7.29. The number of nitrogens with one attached hydrogen (secondary N) is 2. The zero-order valence-corrected chi connectivity index (χ0v) is 11.4. The van der Waals surface area contributed by atoms with E-state index >= 15 is 0 Å². The Hall–Kier alpha value is -0.910. The molecule has 0 amide bonds. The van der Waals surface area contributed by atoms with Gasteiger partial charge < -0.3 is 5.32 Å². The van der Waals surface area contributed by atoms with Crippen LogP contribution in [0.3, 0.4) is 0 Å². The van der Waals surface area contributed by atoms with Crippen molar-refractivity contribution in [3.8, 4) is 0 Å². The monoisotopic (exact) mass is 256 g/mol. The fourth-order valence-electron chi connectivity index (χ4n) is 1.66. The molecule has 2 N–H and O–H groups in total. The van der Waals surface area contributed by atoms with E-state index in [1.807, 2.05) is 13.0 Å². The molecule has 1 aromatic carbocycles. The molecule has 1 aromatic rings. The summed E-state index contributed by atoms with van der Waals surface area (Å²) in [5.74, 6) is 0. The highest BCUT2D eigenvalue weighted by Gasteiger charge is 2.13. The van der Waals surface area contributed by atoms with Crippen molar-refractivity contribution in [3.63, 3.8) is 0 Å². The maximum absolute atomic E-state index is 11.7. The number of sulfonamides is 1. The summed E-state index contributed by atoms with van der Waals surface area (Å²) in [4.78, 5) is 0.324. The van der Waals surface area contributed by atoms with Crippen molar-refractivity contribution in [1.29, 1.82) is 0 Å². The third-order valence-corrected chi connectivity index (χ3v) is 4.12. The van der Waals surface area contributed by atoms with Crippen molar-refractivity contribution in [2.45, 2.75) is 31.7 Å². The Kier molecular flexibility index (Phi) is 5.11. The van der Waals surface area contributed by atoms with Gasteiger partial charge in [0.05, 0.1) is 4.90 Å². The number of hydrogen-bond donors (Lipinski definition) is 2. The lowest BCUT2D eigenvalue weighted by Gasteiger charge is -2.11. The molecule has 0 aliphatic rings. The second kappa shape index (κ2) is 6.14. The molecule has 0 spiro atoms. The number of aryl methyl sites for hydroxylation is 1. The molecule has 0 radical (unpaired) electrons. The van der Waals surface area contributed by atoms with Crippen LogP contribution in [0.2, 0.25) is 0 Å². The summed E-state index contributed by atoms with van der Waals surface area (Å²) < 4.78 is 25.7. The number of hydrogen-bond acceptors (Lipinski definition) is 3. The minimum Gasteiger partial charge on any atom is -0.313 e. The molecule has 0 fully saturated rings. The van der Waals surface area contributed by atoms with Gasteiger partial charge in [0.1, 0.15) is 0 Å². The lowest BCUT2D eigenvalue weighted by molar-refractivity contribution is 0.588. The highest BCUT2D eigenvalue weighted by molar-refractivity contribution is 7.89. The Labute approximate surface area is 103 Å². The first-order valence-electron chi connectivity index (χ1n) is 5.81. The quantitative estimate of drug-likeness (QED) is 0.806. The normalized spacial score (nSPS) is 11.7. The van der Waals surface area contributed by atoms with Gasteiger partial charge in [-0.1, -0.05) is 19.9 Å². The van der Waals surface area contributed by atoms with Crippen LogP contribution in [0.1, 0.15) is 25.0 Å². The van der Waals surface area contributed by atoms with Crippen molar-refractivity contribution >= 4 is 10.0 Å². The Balaban J connectivity index is 3.13. The Morgan fingerprint density at radius 1 is 1.18 bits per heavy atom. The van der Waals surface area contributed by atoms with Crippen molar-refractivity contribution in [1.82, 2.24) is 10.0 Å². The molecule has 0 aliphatic carbocycles. The minimum absolute atomic E-state index is 0.324. The van der Waals surface area contributed by atoms with Crippen LogP contribution < -0.4 is 10.0 Å².